The number of ether oxygens (including phenoxy) is 3. The molecule has 0 fully saturated rings. The van der Waals surface area contributed by atoms with Crippen molar-refractivity contribution in [3.05, 3.63) is 67.3 Å². The number of carbonyl (C=O) groups excluding carboxylic acids is 1. The van der Waals surface area contributed by atoms with E-state index in [2.05, 4.69) is 4.99 Å². The second kappa shape index (κ2) is 6.57. The molecule has 0 saturated carbocycles. The van der Waals surface area contributed by atoms with Gasteiger partial charge in [-0.3, -0.25) is 10.1 Å². The molecule has 0 aliphatic carbocycles. The molecular formula is C17H8Cl2N2O6. The topological polar surface area (TPSA) is 100 Å². The number of hydrogen-bond acceptors (Lipinski definition) is 7. The van der Waals surface area contributed by atoms with Crippen LogP contribution in [0.4, 0.5) is 5.69 Å². The van der Waals surface area contributed by atoms with Crippen molar-refractivity contribution in [2.75, 3.05) is 6.79 Å². The molecular weight excluding hydrogens is 399 g/mol. The number of carbonyl (C=O) groups is 1. The molecule has 2 aliphatic heterocycles. The Morgan fingerprint density at radius 1 is 1.11 bits per heavy atom. The van der Waals surface area contributed by atoms with Gasteiger partial charge in [-0.1, -0.05) is 23.2 Å². The Kier molecular flexibility index (Phi) is 4.21. The Labute approximate surface area is 161 Å². The first-order chi connectivity index (χ1) is 12.9. The van der Waals surface area contributed by atoms with Crippen molar-refractivity contribution in [1.29, 1.82) is 0 Å². The van der Waals surface area contributed by atoms with Crippen LogP contribution in [0.1, 0.15) is 11.1 Å². The number of halogens is 2. The SMILES string of the molecule is O=C1OC(c2ccc(Cl)c(Cl)c2)=NC1=Cc1cc2c(cc1[N+](=O)[O-])OCO2. The smallest absolute Gasteiger partial charge is 0.363 e. The van der Waals surface area contributed by atoms with E-state index in [1.54, 1.807) is 12.1 Å². The van der Waals surface area contributed by atoms with E-state index >= 15 is 0 Å². The lowest BCUT2D eigenvalue weighted by Gasteiger charge is -2.01. The van der Waals surface area contributed by atoms with Crippen molar-refractivity contribution in [2.24, 2.45) is 4.99 Å². The number of cyclic esters (lactones) is 1. The molecule has 27 heavy (non-hydrogen) atoms. The first-order valence-corrected chi connectivity index (χ1v) is 8.24. The molecule has 4 rings (SSSR count). The van der Waals surface area contributed by atoms with Crippen LogP contribution in [0.5, 0.6) is 11.5 Å². The minimum atomic E-state index is -0.747. The van der Waals surface area contributed by atoms with Gasteiger partial charge in [-0.2, -0.15) is 0 Å². The van der Waals surface area contributed by atoms with Gasteiger partial charge in [0, 0.05) is 5.56 Å². The fraction of sp³-hybridized carbons (Fsp3) is 0.0588. The van der Waals surface area contributed by atoms with Gasteiger partial charge in [-0.25, -0.2) is 9.79 Å². The maximum Gasteiger partial charge on any atom is 0.363 e. The number of fused-ring (bicyclic) bond motifs is 1. The minimum Gasteiger partial charge on any atom is -0.454 e. The van der Waals surface area contributed by atoms with Crippen LogP contribution >= 0.6 is 23.2 Å². The van der Waals surface area contributed by atoms with E-state index in [9.17, 15) is 14.9 Å². The van der Waals surface area contributed by atoms with E-state index in [0.717, 1.165) is 0 Å². The van der Waals surface area contributed by atoms with Crippen molar-refractivity contribution in [3.8, 4) is 11.5 Å². The number of hydrogen-bond donors (Lipinski definition) is 0. The molecule has 8 nitrogen and oxygen atoms in total. The number of rotatable bonds is 3. The van der Waals surface area contributed by atoms with Gasteiger partial charge in [-0.05, 0) is 30.3 Å². The van der Waals surface area contributed by atoms with E-state index in [-0.39, 0.29) is 40.4 Å². The molecule has 2 aromatic carbocycles. The summed E-state index contributed by atoms with van der Waals surface area (Å²) < 4.78 is 15.5. The third-order valence-corrected chi connectivity index (χ3v) is 4.54. The Balaban J connectivity index is 1.76. The van der Waals surface area contributed by atoms with Crippen LogP contribution < -0.4 is 9.47 Å². The first-order valence-electron chi connectivity index (χ1n) is 7.48. The second-order valence-electron chi connectivity index (χ2n) is 5.49. The van der Waals surface area contributed by atoms with Gasteiger partial charge in [0.05, 0.1) is 26.6 Å². The molecule has 0 atom stereocenters. The molecule has 0 unspecified atom stereocenters. The summed E-state index contributed by atoms with van der Waals surface area (Å²) in [5, 5.41) is 12.0. The Morgan fingerprint density at radius 3 is 2.56 bits per heavy atom. The predicted molar refractivity (Wildman–Crippen MR) is 96.3 cm³/mol. The van der Waals surface area contributed by atoms with E-state index in [4.69, 9.17) is 37.4 Å². The van der Waals surface area contributed by atoms with Gasteiger partial charge in [0.1, 0.15) is 0 Å². The summed E-state index contributed by atoms with van der Waals surface area (Å²) in [4.78, 5) is 27.0. The van der Waals surface area contributed by atoms with E-state index in [1.807, 2.05) is 0 Å². The summed E-state index contributed by atoms with van der Waals surface area (Å²) >= 11 is 11.8. The highest BCUT2D eigenvalue weighted by atomic mass is 35.5. The molecule has 136 valence electrons. The normalized spacial score (nSPS) is 16.4. The van der Waals surface area contributed by atoms with Crippen LogP contribution in [0.25, 0.3) is 6.08 Å². The molecule has 0 N–H and O–H groups in total. The number of esters is 1. The van der Waals surface area contributed by atoms with Crippen LogP contribution in [0.15, 0.2) is 41.0 Å². The maximum absolute atomic E-state index is 12.1. The Hall–Kier alpha value is -3.10. The van der Waals surface area contributed by atoms with Crippen molar-refractivity contribution in [3.63, 3.8) is 0 Å². The third-order valence-electron chi connectivity index (χ3n) is 3.80. The highest BCUT2D eigenvalue weighted by molar-refractivity contribution is 6.42. The van der Waals surface area contributed by atoms with Crippen LogP contribution in [-0.4, -0.2) is 23.6 Å². The summed E-state index contributed by atoms with van der Waals surface area (Å²) in [6.45, 7) is -0.0336. The van der Waals surface area contributed by atoms with E-state index < -0.39 is 10.9 Å². The van der Waals surface area contributed by atoms with Gasteiger partial charge < -0.3 is 14.2 Å². The molecule has 10 heteroatoms. The Morgan fingerprint density at radius 2 is 1.85 bits per heavy atom. The lowest BCUT2D eigenvalue weighted by molar-refractivity contribution is -0.385. The Bertz CT molecular complexity index is 1060. The molecule has 0 spiro atoms. The van der Waals surface area contributed by atoms with Crippen molar-refractivity contribution < 1.29 is 23.9 Å². The highest BCUT2D eigenvalue weighted by Crippen LogP contribution is 2.39. The number of nitrogens with zero attached hydrogens (tertiary/aromatic N) is 2. The zero-order chi connectivity index (χ0) is 19.1. The summed E-state index contributed by atoms with van der Waals surface area (Å²) in [6, 6.07) is 7.28. The third kappa shape index (κ3) is 3.20. The first kappa shape index (κ1) is 17.3. The summed E-state index contributed by atoms with van der Waals surface area (Å²) in [5.74, 6) is -0.124. The predicted octanol–water partition coefficient (Wildman–Crippen LogP) is 3.97. The molecule has 2 aliphatic rings. The van der Waals surface area contributed by atoms with Crippen LogP contribution in [-0.2, 0) is 9.53 Å². The molecule has 2 heterocycles. The molecule has 2 aromatic rings. The van der Waals surface area contributed by atoms with Crippen molar-refractivity contribution >= 4 is 46.8 Å². The molecule has 0 amide bonds. The number of aliphatic imine (C=N–C) groups is 1. The molecule has 0 radical (unpaired) electrons. The standard InChI is InChI=1S/C17H8Cl2N2O6/c18-10-2-1-8(3-11(10)19)16-20-12(17(22)27-16)4-9-5-14-15(26-7-25-14)6-13(9)21(23)24/h1-6H,7H2. The highest BCUT2D eigenvalue weighted by Gasteiger charge is 2.28. The summed E-state index contributed by atoms with van der Waals surface area (Å²) in [7, 11) is 0. The van der Waals surface area contributed by atoms with Crippen LogP contribution in [0.2, 0.25) is 10.0 Å². The fourth-order valence-electron chi connectivity index (χ4n) is 2.53. The summed E-state index contributed by atoms with van der Waals surface area (Å²) in [5.41, 5.74) is 0.229. The average molecular weight is 407 g/mol. The van der Waals surface area contributed by atoms with Gasteiger partial charge in [0.2, 0.25) is 12.7 Å². The van der Waals surface area contributed by atoms with Gasteiger partial charge in [0.25, 0.3) is 5.69 Å². The number of nitro benzene ring substituents is 1. The van der Waals surface area contributed by atoms with Crippen molar-refractivity contribution in [1.82, 2.24) is 0 Å². The van der Waals surface area contributed by atoms with Gasteiger partial charge >= 0.3 is 5.97 Å². The monoisotopic (exact) mass is 406 g/mol. The molecule has 0 saturated heterocycles. The van der Waals surface area contributed by atoms with E-state index in [0.29, 0.717) is 16.3 Å². The zero-order valence-electron chi connectivity index (χ0n) is 13.3. The molecule has 0 bridgehead atoms. The van der Waals surface area contributed by atoms with Crippen molar-refractivity contribution in [2.45, 2.75) is 0 Å². The largest absolute Gasteiger partial charge is 0.454 e. The lowest BCUT2D eigenvalue weighted by atomic mass is 10.1. The second-order valence-corrected chi connectivity index (χ2v) is 6.30. The van der Waals surface area contributed by atoms with E-state index in [1.165, 1.54) is 24.3 Å². The number of nitro groups is 1. The number of benzene rings is 2. The molecule has 0 aromatic heterocycles. The summed E-state index contributed by atoms with van der Waals surface area (Å²) in [6.07, 6.45) is 1.26. The van der Waals surface area contributed by atoms with Crippen LogP contribution in [0, 0.1) is 10.1 Å². The lowest BCUT2D eigenvalue weighted by Crippen LogP contribution is -2.05. The average Bonchev–Trinajstić information content (AvgIpc) is 3.23. The van der Waals surface area contributed by atoms with Gasteiger partial charge in [-0.15, -0.1) is 0 Å². The fourth-order valence-corrected chi connectivity index (χ4v) is 2.83. The minimum absolute atomic E-state index is 0.0215. The maximum atomic E-state index is 12.1. The zero-order valence-corrected chi connectivity index (χ0v) is 14.8. The van der Waals surface area contributed by atoms with Crippen LogP contribution in [0.3, 0.4) is 0 Å². The quantitative estimate of drug-likeness (QED) is 0.330. The van der Waals surface area contributed by atoms with Gasteiger partial charge in [0.15, 0.2) is 17.2 Å².